The van der Waals surface area contributed by atoms with Crippen molar-refractivity contribution < 1.29 is 4.74 Å². The molecule has 8 nitrogen and oxygen atoms in total. The number of nitrogens with one attached hydrogen (secondary N) is 1. The molecule has 24 heavy (non-hydrogen) atoms. The quantitative estimate of drug-likeness (QED) is 0.763. The van der Waals surface area contributed by atoms with Gasteiger partial charge in [0.2, 0.25) is 0 Å². The van der Waals surface area contributed by atoms with Crippen LogP contribution in [-0.4, -0.2) is 49.2 Å². The second kappa shape index (κ2) is 6.08. The summed E-state index contributed by atoms with van der Waals surface area (Å²) in [5.74, 6) is 1.45. The number of rotatable bonds is 3. The predicted molar refractivity (Wildman–Crippen MR) is 89.2 cm³/mol. The van der Waals surface area contributed by atoms with E-state index in [2.05, 4.69) is 25.1 Å². The van der Waals surface area contributed by atoms with Gasteiger partial charge >= 0.3 is 0 Å². The molecule has 126 valence electrons. The zero-order valence-corrected chi connectivity index (χ0v) is 14.3. The van der Waals surface area contributed by atoms with Gasteiger partial charge in [-0.05, 0) is 13.8 Å². The molecule has 4 rings (SSSR count). The first-order valence-corrected chi connectivity index (χ1v) is 8.68. The first-order valence-electron chi connectivity index (χ1n) is 7.80. The second-order valence-corrected chi connectivity index (χ2v) is 6.79. The average molecular weight is 346 g/mol. The molecule has 1 aliphatic heterocycles. The molecule has 1 atom stereocenters. The third kappa shape index (κ3) is 2.85. The fourth-order valence-corrected chi connectivity index (χ4v) is 3.81. The molecule has 0 unspecified atom stereocenters. The van der Waals surface area contributed by atoms with Crippen LogP contribution in [0.2, 0.25) is 0 Å². The van der Waals surface area contributed by atoms with Gasteiger partial charge in [0.1, 0.15) is 11.9 Å². The lowest BCUT2D eigenvalue weighted by molar-refractivity contribution is -0.0374. The van der Waals surface area contributed by atoms with Crippen LogP contribution in [0.1, 0.15) is 29.1 Å². The Morgan fingerprint density at radius 3 is 3.08 bits per heavy atom. The van der Waals surface area contributed by atoms with E-state index in [1.54, 1.807) is 10.5 Å². The predicted octanol–water partition coefficient (Wildman–Crippen LogP) is 1.06. The van der Waals surface area contributed by atoms with Gasteiger partial charge in [-0.2, -0.15) is 5.10 Å². The van der Waals surface area contributed by atoms with Crippen molar-refractivity contribution in [3.05, 3.63) is 44.8 Å². The highest BCUT2D eigenvalue weighted by Gasteiger charge is 2.25. The lowest BCUT2D eigenvalue weighted by Crippen LogP contribution is -2.38. The van der Waals surface area contributed by atoms with E-state index in [0.717, 1.165) is 28.7 Å². The number of thiazole rings is 1. The van der Waals surface area contributed by atoms with Crippen LogP contribution in [-0.2, 0) is 11.3 Å². The van der Waals surface area contributed by atoms with Crippen molar-refractivity contribution >= 4 is 16.3 Å². The SMILES string of the molecule is Cc1nc([C@@H]2CN(Cc3cc(=O)n4c(C)csc4n3)CCO2)n[nH]1. The number of H-pyrrole nitrogens is 1. The first kappa shape index (κ1) is 15.4. The van der Waals surface area contributed by atoms with Gasteiger partial charge in [0.05, 0.1) is 12.3 Å². The highest BCUT2D eigenvalue weighted by Crippen LogP contribution is 2.20. The second-order valence-electron chi connectivity index (χ2n) is 5.95. The van der Waals surface area contributed by atoms with Gasteiger partial charge < -0.3 is 4.74 Å². The maximum atomic E-state index is 12.3. The summed E-state index contributed by atoms with van der Waals surface area (Å²) in [5.41, 5.74) is 1.68. The Labute approximate surface area is 142 Å². The van der Waals surface area contributed by atoms with Gasteiger partial charge in [0.25, 0.3) is 5.56 Å². The van der Waals surface area contributed by atoms with Crippen molar-refractivity contribution in [1.82, 2.24) is 29.5 Å². The Morgan fingerprint density at radius 2 is 2.29 bits per heavy atom. The van der Waals surface area contributed by atoms with Crippen LogP contribution in [0.3, 0.4) is 0 Å². The summed E-state index contributed by atoms with van der Waals surface area (Å²) < 4.78 is 7.42. The standard InChI is InChI=1S/C15H18N6O2S/c1-9-8-24-15-17-11(5-13(22)21(9)15)6-20-3-4-23-12(7-20)14-16-10(2)18-19-14/h5,8,12H,3-4,6-7H2,1-2H3,(H,16,18,19)/t12-/m0/s1. The topological polar surface area (TPSA) is 88.4 Å². The molecule has 9 heteroatoms. The maximum absolute atomic E-state index is 12.3. The molecule has 0 radical (unpaired) electrons. The van der Waals surface area contributed by atoms with Crippen molar-refractivity contribution in [2.75, 3.05) is 19.7 Å². The Kier molecular flexibility index (Phi) is 3.91. The highest BCUT2D eigenvalue weighted by molar-refractivity contribution is 7.15. The number of hydrogen-bond donors (Lipinski definition) is 1. The maximum Gasteiger partial charge on any atom is 0.259 e. The van der Waals surface area contributed by atoms with E-state index in [1.807, 2.05) is 19.2 Å². The van der Waals surface area contributed by atoms with Gasteiger partial charge in [-0.3, -0.25) is 19.2 Å². The van der Waals surface area contributed by atoms with Crippen molar-refractivity contribution in [1.29, 1.82) is 0 Å². The number of fused-ring (bicyclic) bond motifs is 1. The molecule has 0 saturated carbocycles. The van der Waals surface area contributed by atoms with Gasteiger partial charge in [0, 0.05) is 36.8 Å². The van der Waals surface area contributed by atoms with Gasteiger partial charge in [-0.25, -0.2) is 9.97 Å². The summed E-state index contributed by atoms with van der Waals surface area (Å²) in [6.45, 7) is 6.49. The molecule has 3 aromatic heterocycles. The Morgan fingerprint density at radius 1 is 1.42 bits per heavy atom. The molecule has 3 aromatic rings. The molecule has 1 fully saturated rings. The van der Waals surface area contributed by atoms with Crippen LogP contribution in [0.4, 0.5) is 0 Å². The summed E-state index contributed by atoms with van der Waals surface area (Å²) in [6.07, 6.45) is -0.155. The van der Waals surface area contributed by atoms with E-state index < -0.39 is 0 Å². The third-order valence-corrected chi connectivity index (χ3v) is 5.01. The molecule has 1 N–H and O–H groups in total. The van der Waals surface area contributed by atoms with E-state index in [-0.39, 0.29) is 11.7 Å². The number of aromatic nitrogens is 5. The minimum Gasteiger partial charge on any atom is -0.367 e. The molecule has 1 aliphatic rings. The zero-order chi connectivity index (χ0) is 16.7. The normalized spacial score (nSPS) is 19.2. The minimum absolute atomic E-state index is 0.0249. The van der Waals surface area contributed by atoms with Crippen LogP contribution in [0, 0.1) is 13.8 Å². The monoisotopic (exact) mass is 346 g/mol. The molecule has 0 bridgehead atoms. The molecule has 0 amide bonds. The zero-order valence-electron chi connectivity index (χ0n) is 13.5. The molecule has 0 aromatic carbocycles. The molecular formula is C15H18N6O2S. The van der Waals surface area contributed by atoms with Crippen LogP contribution < -0.4 is 5.56 Å². The highest BCUT2D eigenvalue weighted by atomic mass is 32.1. The van der Waals surface area contributed by atoms with Crippen molar-refractivity contribution in [2.45, 2.75) is 26.5 Å². The molecule has 4 heterocycles. The minimum atomic E-state index is -0.155. The van der Waals surface area contributed by atoms with Crippen molar-refractivity contribution in [3.63, 3.8) is 0 Å². The van der Waals surface area contributed by atoms with E-state index in [4.69, 9.17) is 4.74 Å². The largest absolute Gasteiger partial charge is 0.367 e. The van der Waals surface area contributed by atoms with Gasteiger partial charge in [-0.15, -0.1) is 11.3 Å². The number of aryl methyl sites for hydroxylation is 2. The van der Waals surface area contributed by atoms with E-state index in [0.29, 0.717) is 25.5 Å². The van der Waals surface area contributed by atoms with Crippen LogP contribution in [0.15, 0.2) is 16.2 Å². The molecule has 1 saturated heterocycles. The van der Waals surface area contributed by atoms with E-state index in [1.165, 1.54) is 11.3 Å². The van der Waals surface area contributed by atoms with Crippen LogP contribution in [0.5, 0.6) is 0 Å². The van der Waals surface area contributed by atoms with Crippen LogP contribution >= 0.6 is 11.3 Å². The van der Waals surface area contributed by atoms with Gasteiger partial charge in [0.15, 0.2) is 10.8 Å². The van der Waals surface area contributed by atoms with E-state index in [9.17, 15) is 4.79 Å². The molecule has 0 aliphatic carbocycles. The van der Waals surface area contributed by atoms with Crippen LogP contribution in [0.25, 0.3) is 4.96 Å². The summed E-state index contributed by atoms with van der Waals surface area (Å²) in [4.78, 5) is 24.2. The summed E-state index contributed by atoms with van der Waals surface area (Å²) in [7, 11) is 0. The van der Waals surface area contributed by atoms with E-state index >= 15 is 0 Å². The summed E-state index contributed by atoms with van der Waals surface area (Å²) in [5, 5.41) is 8.98. The Bertz CT molecular complexity index is 930. The van der Waals surface area contributed by atoms with Crippen molar-refractivity contribution in [2.24, 2.45) is 0 Å². The fraction of sp³-hybridized carbons (Fsp3) is 0.467. The first-order chi connectivity index (χ1) is 11.6. The number of ether oxygens (including phenoxy) is 1. The number of morpholine rings is 1. The Hall–Kier alpha value is -2.10. The summed E-state index contributed by atoms with van der Waals surface area (Å²) >= 11 is 1.49. The number of aromatic amines is 1. The molecular weight excluding hydrogens is 328 g/mol. The van der Waals surface area contributed by atoms with Crippen molar-refractivity contribution in [3.8, 4) is 0 Å². The Balaban J connectivity index is 1.53. The number of hydrogen-bond acceptors (Lipinski definition) is 7. The summed E-state index contributed by atoms with van der Waals surface area (Å²) in [6, 6.07) is 1.62. The number of nitrogens with zero attached hydrogens (tertiary/aromatic N) is 5. The third-order valence-electron chi connectivity index (χ3n) is 4.07. The lowest BCUT2D eigenvalue weighted by atomic mass is 10.2. The fourth-order valence-electron chi connectivity index (χ4n) is 2.92. The molecule has 0 spiro atoms. The average Bonchev–Trinajstić information content (AvgIpc) is 3.14. The lowest BCUT2D eigenvalue weighted by Gasteiger charge is -2.31. The smallest absolute Gasteiger partial charge is 0.259 e. The van der Waals surface area contributed by atoms with Gasteiger partial charge in [-0.1, -0.05) is 0 Å².